The molecule has 1 atom stereocenters. The summed E-state index contributed by atoms with van der Waals surface area (Å²) in [6.45, 7) is 7.89. The summed E-state index contributed by atoms with van der Waals surface area (Å²) in [6, 6.07) is 7.40. The van der Waals surface area contributed by atoms with Crippen LogP contribution in [0.15, 0.2) is 24.4 Å². The Morgan fingerprint density at radius 2 is 2.17 bits per heavy atom. The van der Waals surface area contributed by atoms with Crippen molar-refractivity contribution in [2.45, 2.75) is 45.7 Å². The highest BCUT2D eigenvalue weighted by molar-refractivity contribution is 5.42. The summed E-state index contributed by atoms with van der Waals surface area (Å²) in [7, 11) is 0. The Hall–Kier alpha value is -1.35. The van der Waals surface area contributed by atoms with Gasteiger partial charge in [0.15, 0.2) is 0 Å². The van der Waals surface area contributed by atoms with Crippen LogP contribution in [0, 0.1) is 6.92 Å². The van der Waals surface area contributed by atoms with Gasteiger partial charge in [-0.15, -0.1) is 0 Å². The first-order valence-corrected chi connectivity index (χ1v) is 6.87. The van der Waals surface area contributed by atoms with Crippen LogP contribution >= 0.6 is 0 Å². The molecule has 1 aliphatic heterocycles. The van der Waals surface area contributed by atoms with Crippen molar-refractivity contribution in [2.24, 2.45) is 0 Å². The number of imidazole rings is 1. The fourth-order valence-electron chi connectivity index (χ4n) is 3.05. The molecular weight excluding hydrogens is 222 g/mol. The average molecular weight is 243 g/mol. The van der Waals surface area contributed by atoms with Crippen molar-refractivity contribution in [3.05, 3.63) is 35.8 Å². The Morgan fingerprint density at radius 1 is 1.33 bits per heavy atom. The Morgan fingerprint density at radius 3 is 2.89 bits per heavy atom. The van der Waals surface area contributed by atoms with Crippen molar-refractivity contribution in [3.8, 4) is 0 Å². The van der Waals surface area contributed by atoms with Gasteiger partial charge in [0.2, 0.25) is 0 Å². The molecule has 0 aromatic carbocycles. The fourth-order valence-corrected chi connectivity index (χ4v) is 3.05. The summed E-state index contributed by atoms with van der Waals surface area (Å²) >= 11 is 0. The number of likely N-dealkylation sites (tertiary alicyclic amines) is 1. The highest BCUT2D eigenvalue weighted by atomic mass is 15.2. The van der Waals surface area contributed by atoms with Crippen LogP contribution in [-0.4, -0.2) is 26.9 Å². The van der Waals surface area contributed by atoms with Gasteiger partial charge in [-0.3, -0.25) is 4.90 Å². The minimum atomic E-state index is 0.504. The third-order valence-corrected chi connectivity index (χ3v) is 4.01. The van der Waals surface area contributed by atoms with Crippen LogP contribution in [0.5, 0.6) is 0 Å². The molecule has 3 heterocycles. The Labute approximate surface area is 108 Å². The number of hydrogen-bond donors (Lipinski definition) is 0. The van der Waals surface area contributed by atoms with Gasteiger partial charge in [-0.25, -0.2) is 4.98 Å². The van der Waals surface area contributed by atoms with Crippen molar-refractivity contribution in [2.75, 3.05) is 6.54 Å². The lowest BCUT2D eigenvalue weighted by molar-refractivity contribution is 0.202. The molecule has 1 saturated heterocycles. The first kappa shape index (κ1) is 11.7. The van der Waals surface area contributed by atoms with Crippen molar-refractivity contribution in [1.29, 1.82) is 0 Å². The summed E-state index contributed by atoms with van der Waals surface area (Å²) in [4.78, 5) is 7.38. The number of pyridine rings is 1. The minimum Gasteiger partial charge on any atom is -0.304 e. The number of nitrogens with zero attached hydrogens (tertiary/aromatic N) is 3. The number of hydrogen-bond acceptors (Lipinski definition) is 2. The van der Waals surface area contributed by atoms with E-state index in [0.717, 1.165) is 5.65 Å². The highest BCUT2D eigenvalue weighted by Gasteiger charge is 2.29. The normalized spacial score (nSPS) is 21.2. The molecule has 2 aromatic heterocycles. The summed E-state index contributed by atoms with van der Waals surface area (Å²) in [5, 5.41) is 0. The van der Waals surface area contributed by atoms with Crippen LogP contribution in [0.3, 0.4) is 0 Å². The van der Waals surface area contributed by atoms with Crippen LogP contribution in [0.4, 0.5) is 0 Å². The monoisotopic (exact) mass is 243 g/mol. The molecule has 18 heavy (non-hydrogen) atoms. The van der Waals surface area contributed by atoms with Gasteiger partial charge in [0.25, 0.3) is 0 Å². The van der Waals surface area contributed by atoms with E-state index >= 15 is 0 Å². The molecule has 3 rings (SSSR count). The second kappa shape index (κ2) is 4.39. The highest BCUT2D eigenvalue weighted by Crippen LogP contribution is 2.33. The molecule has 3 heteroatoms. The van der Waals surface area contributed by atoms with Crippen molar-refractivity contribution in [3.63, 3.8) is 0 Å². The number of rotatable bonds is 2. The molecule has 0 saturated carbocycles. The van der Waals surface area contributed by atoms with E-state index in [1.54, 1.807) is 0 Å². The molecule has 2 aromatic rings. The molecule has 0 bridgehead atoms. The van der Waals surface area contributed by atoms with E-state index in [4.69, 9.17) is 4.98 Å². The molecule has 0 amide bonds. The van der Waals surface area contributed by atoms with Gasteiger partial charge >= 0.3 is 0 Å². The zero-order chi connectivity index (χ0) is 12.7. The smallest absolute Gasteiger partial charge is 0.137 e. The topological polar surface area (TPSA) is 20.5 Å². The molecule has 1 fully saturated rings. The quantitative estimate of drug-likeness (QED) is 0.807. The lowest BCUT2D eigenvalue weighted by atomic mass is 10.1. The van der Waals surface area contributed by atoms with E-state index in [1.165, 1.54) is 30.8 Å². The van der Waals surface area contributed by atoms with E-state index in [0.29, 0.717) is 12.1 Å². The fraction of sp³-hybridized carbons (Fsp3) is 0.533. The van der Waals surface area contributed by atoms with Crippen LogP contribution in [0.1, 0.15) is 44.1 Å². The zero-order valence-electron chi connectivity index (χ0n) is 11.4. The van der Waals surface area contributed by atoms with Crippen LogP contribution < -0.4 is 0 Å². The average Bonchev–Trinajstić information content (AvgIpc) is 2.95. The van der Waals surface area contributed by atoms with Crippen LogP contribution in [0.25, 0.3) is 5.65 Å². The summed E-state index contributed by atoms with van der Waals surface area (Å²) in [6.07, 6.45) is 4.74. The predicted octanol–water partition coefficient (Wildman–Crippen LogP) is 3.19. The summed E-state index contributed by atoms with van der Waals surface area (Å²) < 4.78 is 2.20. The minimum absolute atomic E-state index is 0.504. The van der Waals surface area contributed by atoms with Crippen molar-refractivity contribution in [1.82, 2.24) is 14.3 Å². The molecule has 3 nitrogen and oxygen atoms in total. The largest absolute Gasteiger partial charge is 0.304 e. The Kier molecular flexibility index (Phi) is 2.86. The lowest BCUT2D eigenvalue weighted by Gasteiger charge is -2.26. The zero-order valence-corrected chi connectivity index (χ0v) is 11.4. The van der Waals surface area contributed by atoms with Crippen LogP contribution in [0.2, 0.25) is 0 Å². The van der Waals surface area contributed by atoms with E-state index in [9.17, 15) is 0 Å². The first-order valence-electron chi connectivity index (χ1n) is 6.87. The van der Waals surface area contributed by atoms with Gasteiger partial charge in [-0.05, 0) is 52.3 Å². The predicted molar refractivity (Wildman–Crippen MR) is 73.7 cm³/mol. The molecule has 0 aliphatic carbocycles. The van der Waals surface area contributed by atoms with Crippen molar-refractivity contribution < 1.29 is 0 Å². The second-order valence-corrected chi connectivity index (χ2v) is 5.55. The van der Waals surface area contributed by atoms with E-state index in [2.05, 4.69) is 54.5 Å². The molecule has 0 N–H and O–H groups in total. The maximum Gasteiger partial charge on any atom is 0.137 e. The molecule has 1 aliphatic rings. The van der Waals surface area contributed by atoms with Crippen molar-refractivity contribution >= 4 is 5.65 Å². The standard InChI is InChI=1S/C15H21N3/c1-11(2)17-9-5-7-14(17)13-10-18-12(3)6-4-8-15(18)16-13/h4,6,8,10-11,14H,5,7,9H2,1-3H3. The number of fused-ring (bicyclic) bond motifs is 1. The van der Waals surface area contributed by atoms with E-state index < -0.39 is 0 Å². The number of aryl methyl sites for hydroxylation is 1. The first-order chi connectivity index (χ1) is 8.66. The van der Waals surface area contributed by atoms with Gasteiger partial charge < -0.3 is 4.40 Å². The summed E-state index contributed by atoms with van der Waals surface area (Å²) in [5.41, 5.74) is 3.55. The van der Waals surface area contributed by atoms with Gasteiger partial charge in [0, 0.05) is 17.9 Å². The van der Waals surface area contributed by atoms with Gasteiger partial charge in [0.1, 0.15) is 5.65 Å². The molecule has 0 radical (unpaired) electrons. The van der Waals surface area contributed by atoms with Gasteiger partial charge in [0.05, 0.1) is 11.7 Å². The summed E-state index contributed by atoms with van der Waals surface area (Å²) in [5.74, 6) is 0. The Bertz CT molecular complexity index is 556. The molecule has 0 spiro atoms. The van der Waals surface area contributed by atoms with E-state index in [-0.39, 0.29) is 0 Å². The molecule has 1 unspecified atom stereocenters. The van der Waals surface area contributed by atoms with Gasteiger partial charge in [-0.1, -0.05) is 6.07 Å². The SMILES string of the molecule is Cc1cccc2nc(C3CCCN3C(C)C)cn12. The maximum absolute atomic E-state index is 4.81. The third-order valence-electron chi connectivity index (χ3n) is 4.01. The third kappa shape index (κ3) is 1.83. The van der Waals surface area contributed by atoms with Crippen LogP contribution in [-0.2, 0) is 0 Å². The molecular formula is C15H21N3. The van der Waals surface area contributed by atoms with E-state index in [1.807, 2.05) is 0 Å². The maximum atomic E-state index is 4.81. The molecule has 96 valence electrons. The van der Waals surface area contributed by atoms with Gasteiger partial charge in [-0.2, -0.15) is 0 Å². The lowest BCUT2D eigenvalue weighted by Crippen LogP contribution is -2.30. The number of aromatic nitrogens is 2. The Balaban J connectivity index is 2.01. The second-order valence-electron chi connectivity index (χ2n) is 5.55.